The third kappa shape index (κ3) is 2.99. The fourth-order valence-electron chi connectivity index (χ4n) is 1.50. The molecule has 0 bridgehead atoms. The van der Waals surface area contributed by atoms with E-state index in [2.05, 4.69) is 10.1 Å². The quantitative estimate of drug-likeness (QED) is 0.334. The SMILES string of the molecule is N/C(=N/O)c1ccc(Oc2ccccc2CO)cn1. The van der Waals surface area contributed by atoms with Crippen LogP contribution >= 0.6 is 0 Å². The number of aliphatic hydroxyl groups is 1. The van der Waals surface area contributed by atoms with Crippen molar-refractivity contribution < 1.29 is 15.1 Å². The van der Waals surface area contributed by atoms with Crippen LogP contribution in [-0.4, -0.2) is 21.1 Å². The largest absolute Gasteiger partial charge is 0.455 e. The summed E-state index contributed by atoms with van der Waals surface area (Å²) in [6.07, 6.45) is 1.46. The molecule has 6 nitrogen and oxygen atoms in total. The average Bonchev–Trinajstić information content (AvgIpc) is 2.48. The first-order valence-corrected chi connectivity index (χ1v) is 5.55. The Bertz CT molecular complexity index is 582. The summed E-state index contributed by atoms with van der Waals surface area (Å²) in [5, 5.41) is 20.6. The van der Waals surface area contributed by atoms with Crippen molar-refractivity contribution in [3.63, 3.8) is 0 Å². The van der Waals surface area contributed by atoms with Gasteiger partial charge in [0.15, 0.2) is 5.84 Å². The van der Waals surface area contributed by atoms with Gasteiger partial charge in [0.1, 0.15) is 17.2 Å². The third-order valence-corrected chi connectivity index (χ3v) is 2.48. The first kappa shape index (κ1) is 12.8. The van der Waals surface area contributed by atoms with Gasteiger partial charge >= 0.3 is 0 Å². The van der Waals surface area contributed by atoms with E-state index in [-0.39, 0.29) is 12.4 Å². The van der Waals surface area contributed by atoms with Crippen molar-refractivity contribution in [2.75, 3.05) is 0 Å². The zero-order valence-corrected chi connectivity index (χ0v) is 10.0. The lowest BCUT2D eigenvalue weighted by Gasteiger charge is -2.09. The molecule has 6 heteroatoms. The molecule has 0 amide bonds. The van der Waals surface area contributed by atoms with Crippen LogP contribution in [0.4, 0.5) is 0 Å². The highest BCUT2D eigenvalue weighted by atomic mass is 16.5. The number of oxime groups is 1. The summed E-state index contributed by atoms with van der Waals surface area (Å²) in [7, 11) is 0. The highest BCUT2D eigenvalue weighted by molar-refractivity contribution is 5.95. The van der Waals surface area contributed by atoms with Crippen LogP contribution in [0.1, 0.15) is 11.3 Å². The molecule has 1 aromatic carbocycles. The maximum Gasteiger partial charge on any atom is 0.188 e. The second-order valence-corrected chi connectivity index (χ2v) is 3.73. The Kier molecular flexibility index (Phi) is 3.94. The van der Waals surface area contributed by atoms with E-state index in [1.54, 1.807) is 24.3 Å². The van der Waals surface area contributed by atoms with Crippen molar-refractivity contribution in [3.8, 4) is 11.5 Å². The van der Waals surface area contributed by atoms with E-state index in [1.807, 2.05) is 12.1 Å². The second-order valence-electron chi connectivity index (χ2n) is 3.73. The fourth-order valence-corrected chi connectivity index (χ4v) is 1.50. The van der Waals surface area contributed by atoms with Gasteiger partial charge in [-0.15, -0.1) is 0 Å². The molecule has 0 atom stereocenters. The molecule has 0 spiro atoms. The van der Waals surface area contributed by atoms with Crippen LogP contribution in [0.15, 0.2) is 47.8 Å². The molecule has 1 heterocycles. The fraction of sp³-hybridized carbons (Fsp3) is 0.0769. The van der Waals surface area contributed by atoms with Crippen LogP contribution in [0, 0.1) is 0 Å². The van der Waals surface area contributed by atoms with Gasteiger partial charge in [0.2, 0.25) is 0 Å². The predicted octanol–water partition coefficient (Wildman–Crippen LogP) is 1.46. The number of rotatable bonds is 4. The van der Waals surface area contributed by atoms with Crippen LogP contribution in [0.5, 0.6) is 11.5 Å². The normalized spacial score (nSPS) is 11.3. The molecule has 0 aliphatic heterocycles. The molecule has 1 aromatic heterocycles. The zero-order valence-electron chi connectivity index (χ0n) is 10.0. The summed E-state index contributed by atoms with van der Waals surface area (Å²) in [6, 6.07) is 10.4. The van der Waals surface area contributed by atoms with Crippen molar-refractivity contribution in [1.82, 2.24) is 4.98 Å². The predicted molar refractivity (Wildman–Crippen MR) is 69.2 cm³/mol. The minimum Gasteiger partial charge on any atom is -0.455 e. The summed E-state index contributed by atoms with van der Waals surface area (Å²) in [4.78, 5) is 4.00. The first-order valence-electron chi connectivity index (χ1n) is 5.55. The molecule has 98 valence electrons. The van der Waals surface area contributed by atoms with E-state index < -0.39 is 0 Å². The number of para-hydroxylation sites is 1. The number of amidine groups is 1. The Hall–Kier alpha value is -2.60. The molecule has 0 unspecified atom stereocenters. The topological polar surface area (TPSA) is 101 Å². The van der Waals surface area contributed by atoms with Crippen molar-refractivity contribution in [3.05, 3.63) is 53.9 Å². The van der Waals surface area contributed by atoms with Crippen LogP contribution in [0.2, 0.25) is 0 Å². The van der Waals surface area contributed by atoms with Gasteiger partial charge in [0, 0.05) is 5.56 Å². The van der Waals surface area contributed by atoms with E-state index in [1.165, 1.54) is 6.20 Å². The third-order valence-electron chi connectivity index (χ3n) is 2.48. The summed E-state index contributed by atoms with van der Waals surface area (Å²) in [5.74, 6) is 0.987. The summed E-state index contributed by atoms with van der Waals surface area (Å²) in [6.45, 7) is -0.105. The summed E-state index contributed by atoms with van der Waals surface area (Å²) in [5.41, 5.74) is 6.44. The van der Waals surface area contributed by atoms with Gasteiger partial charge in [0.05, 0.1) is 12.8 Å². The van der Waals surface area contributed by atoms with Gasteiger partial charge < -0.3 is 20.8 Å². The average molecular weight is 259 g/mol. The van der Waals surface area contributed by atoms with Crippen LogP contribution in [-0.2, 0) is 6.61 Å². The lowest BCUT2D eigenvalue weighted by Crippen LogP contribution is -2.14. The summed E-state index contributed by atoms with van der Waals surface area (Å²) >= 11 is 0. The number of aromatic nitrogens is 1. The Morgan fingerprint density at radius 3 is 2.68 bits per heavy atom. The van der Waals surface area contributed by atoms with Gasteiger partial charge in [-0.25, -0.2) is 4.98 Å². The molecule has 0 fully saturated rings. The number of hydrogen-bond donors (Lipinski definition) is 3. The number of nitrogens with two attached hydrogens (primary N) is 1. The van der Waals surface area contributed by atoms with E-state index >= 15 is 0 Å². The monoisotopic (exact) mass is 259 g/mol. The zero-order chi connectivity index (χ0) is 13.7. The molecular formula is C13H13N3O3. The van der Waals surface area contributed by atoms with E-state index in [0.29, 0.717) is 22.8 Å². The lowest BCUT2D eigenvalue weighted by molar-refractivity contribution is 0.276. The number of pyridine rings is 1. The maximum atomic E-state index is 9.19. The van der Waals surface area contributed by atoms with Gasteiger partial charge in [0.25, 0.3) is 0 Å². The minimum atomic E-state index is -0.105. The standard InChI is InChI=1S/C13H13N3O3/c14-13(16-18)11-6-5-10(7-15-11)19-12-4-2-1-3-9(12)8-17/h1-7,17-18H,8H2,(H2,14,16). The number of benzene rings is 1. The van der Waals surface area contributed by atoms with Crippen molar-refractivity contribution in [1.29, 1.82) is 0 Å². The molecule has 0 saturated carbocycles. The number of ether oxygens (including phenoxy) is 1. The smallest absolute Gasteiger partial charge is 0.188 e. The molecular weight excluding hydrogens is 246 g/mol. The Balaban J connectivity index is 2.20. The highest BCUT2D eigenvalue weighted by Gasteiger charge is 2.05. The lowest BCUT2D eigenvalue weighted by atomic mass is 10.2. The van der Waals surface area contributed by atoms with Crippen LogP contribution < -0.4 is 10.5 Å². The second kappa shape index (κ2) is 5.83. The highest BCUT2D eigenvalue weighted by Crippen LogP contribution is 2.24. The Labute approximate surface area is 109 Å². The van der Waals surface area contributed by atoms with Gasteiger partial charge in [-0.1, -0.05) is 23.4 Å². The minimum absolute atomic E-state index is 0.0673. The molecule has 0 aliphatic carbocycles. The molecule has 4 N–H and O–H groups in total. The van der Waals surface area contributed by atoms with Crippen molar-refractivity contribution in [2.24, 2.45) is 10.9 Å². The van der Waals surface area contributed by atoms with Crippen LogP contribution in [0.25, 0.3) is 0 Å². The van der Waals surface area contributed by atoms with Gasteiger partial charge in [-0.05, 0) is 18.2 Å². The molecule has 2 rings (SSSR count). The van der Waals surface area contributed by atoms with Gasteiger partial charge in [-0.2, -0.15) is 0 Å². The molecule has 0 saturated heterocycles. The Morgan fingerprint density at radius 1 is 1.26 bits per heavy atom. The molecule has 19 heavy (non-hydrogen) atoms. The molecule has 0 aliphatic rings. The maximum absolute atomic E-state index is 9.19. The van der Waals surface area contributed by atoms with E-state index in [9.17, 15) is 5.11 Å². The van der Waals surface area contributed by atoms with E-state index in [0.717, 1.165) is 0 Å². The van der Waals surface area contributed by atoms with Crippen LogP contribution in [0.3, 0.4) is 0 Å². The first-order chi connectivity index (χ1) is 9.24. The van der Waals surface area contributed by atoms with Crippen molar-refractivity contribution >= 4 is 5.84 Å². The molecule has 0 radical (unpaired) electrons. The summed E-state index contributed by atoms with van der Waals surface area (Å²) < 4.78 is 5.60. The van der Waals surface area contributed by atoms with E-state index in [4.69, 9.17) is 15.7 Å². The number of aliphatic hydroxyl groups excluding tert-OH is 1. The van der Waals surface area contributed by atoms with Gasteiger partial charge in [-0.3, -0.25) is 0 Å². The number of hydrogen-bond acceptors (Lipinski definition) is 5. The Morgan fingerprint density at radius 2 is 2.05 bits per heavy atom. The number of nitrogens with zero attached hydrogens (tertiary/aromatic N) is 2. The molecule has 2 aromatic rings. The van der Waals surface area contributed by atoms with Crippen molar-refractivity contribution in [2.45, 2.75) is 6.61 Å².